The molecule has 4 aromatic rings. The second-order valence-electron chi connectivity index (χ2n) is 6.80. The molecule has 0 aliphatic rings. The summed E-state index contributed by atoms with van der Waals surface area (Å²) in [4.78, 5) is 12.2. The van der Waals surface area contributed by atoms with Crippen LogP contribution in [0.15, 0.2) is 82.4 Å². The fourth-order valence-electron chi connectivity index (χ4n) is 3.03. The van der Waals surface area contributed by atoms with E-state index in [0.29, 0.717) is 18.9 Å². The summed E-state index contributed by atoms with van der Waals surface area (Å²) in [6.45, 7) is 0.858. The highest BCUT2D eigenvalue weighted by molar-refractivity contribution is 9.10. The van der Waals surface area contributed by atoms with Crippen molar-refractivity contribution in [1.82, 2.24) is 20.4 Å². The number of amides is 1. The molecule has 156 valence electrons. The van der Waals surface area contributed by atoms with Gasteiger partial charge in [-0.25, -0.2) is 10.1 Å². The number of halogens is 1. The molecule has 0 unspecified atom stereocenters. The number of nitrogens with one attached hydrogen (secondary N) is 1. The summed E-state index contributed by atoms with van der Waals surface area (Å²) < 4.78 is 8.65. The van der Waals surface area contributed by atoms with Crippen molar-refractivity contribution in [2.24, 2.45) is 5.10 Å². The first-order chi connectivity index (χ1) is 15.2. The first kappa shape index (κ1) is 20.7. The van der Waals surface area contributed by atoms with E-state index < -0.39 is 0 Å². The van der Waals surface area contributed by atoms with Gasteiger partial charge < -0.3 is 4.74 Å². The number of nitrogens with zero attached hydrogens (tertiary/aromatic N) is 4. The van der Waals surface area contributed by atoms with Gasteiger partial charge in [0.1, 0.15) is 17.9 Å². The van der Waals surface area contributed by atoms with E-state index in [2.05, 4.69) is 36.8 Å². The Labute approximate surface area is 187 Å². The number of hydrogen-bond acceptors (Lipinski definition) is 5. The Kier molecular flexibility index (Phi) is 6.68. The molecule has 0 atom stereocenters. The molecule has 0 radical (unpaired) electrons. The molecule has 0 aliphatic carbocycles. The van der Waals surface area contributed by atoms with Gasteiger partial charge in [0, 0.05) is 16.5 Å². The van der Waals surface area contributed by atoms with Crippen LogP contribution < -0.4 is 10.2 Å². The third-order valence-corrected chi connectivity index (χ3v) is 5.06. The summed E-state index contributed by atoms with van der Waals surface area (Å²) in [6, 6.07) is 23.1. The molecule has 0 fully saturated rings. The summed E-state index contributed by atoms with van der Waals surface area (Å²) >= 11 is 3.46. The molecule has 4 rings (SSSR count). The van der Waals surface area contributed by atoms with Crippen LogP contribution in [0.3, 0.4) is 0 Å². The molecule has 31 heavy (non-hydrogen) atoms. The second kappa shape index (κ2) is 9.99. The second-order valence-corrected chi connectivity index (χ2v) is 7.72. The van der Waals surface area contributed by atoms with Crippen molar-refractivity contribution in [3.05, 3.63) is 88.4 Å². The maximum absolute atomic E-state index is 12.2. The number of aromatic nitrogens is 3. The number of carbonyl (C=O) groups excluding carboxylic acids is 1. The van der Waals surface area contributed by atoms with Crippen LogP contribution in [0.25, 0.3) is 11.0 Å². The Morgan fingerprint density at radius 3 is 2.84 bits per heavy atom. The average molecular weight is 478 g/mol. The molecule has 0 aliphatic heterocycles. The van der Waals surface area contributed by atoms with Crippen LogP contribution in [-0.2, 0) is 17.9 Å². The predicted octanol–water partition coefficient (Wildman–Crippen LogP) is 4.31. The Bertz CT molecular complexity index is 1220. The van der Waals surface area contributed by atoms with Crippen LogP contribution in [0.5, 0.6) is 5.75 Å². The van der Waals surface area contributed by atoms with Gasteiger partial charge >= 0.3 is 0 Å². The minimum absolute atomic E-state index is 0.205. The first-order valence-electron chi connectivity index (χ1n) is 9.75. The van der Waals surface area contributed by atoms with E-state index in [1.54, 1.807) is 10.9 Å². The van der Waals surface area contributed by atoms with E-state index >= 15 is 0 Å². The molecule has 1 aromatic heterocycles. The van der Waals surface area contributed by atoms with Gasteiger partial charge in [-0.05, 0) is 42.0 Å². The minimum Gasteiger partial charge on any atom is -0.488 e. The lowest BCUT2D eigenvalue weighted by Gasteiger charge is -2.09. The van der Waals surface area contributed by atoms with Crippen molar-refractivity contribution in [2.45, 2.75) is 19.6 Å². The lowest BCUT2D eigenvalue weighted by molar-refractivity contribution is -0.121. The molecular formula is C23H20BrN5O2. The number of ether oxygens (including phenoxy) is 1. The molecule has 1 N–H and O–H groups in total. The molecule has 8 heteroatoms. The van der Waals surface area contributed by atoms with Gasteiger partial charge in [0.05, 0.1) is 18.3 Å². The van der Waals surface area contributed by atoms with Gasteiger partial charge in [0.2, 0.25) is 5.91 Å². The molecule has 3 aromatic carbocycles. The van der Waals surface area contributed by atoms with Crippen LogP contribution in [0.4, 0.5) is 0 Å². The fourth-order valence-corrected chi connectivity index (χ4v) is 3.47. The van der Waals surface area contributed by atoms with Crippen LogP contribution in [0, 0.1) is 0 Å². The molecule has 7 nitrogen and oxygen atoms in total. The number of carbonyl (C=O) groups is 1. The van der Waals surface area contributed by atoms with Gasteiger partial charge in [0.25, 0.3) is 0 Å². The summed E-state index contributed by atoms with van der Waals surface area (Å²) in [5, 5.41) is 12.2. The Balaban J connectivity index is 1.31. The zero-order valence-corrected chi connectivity index (χ0v) is 18.2. The highest BCUT2D eigenvalue weighted by atomic mass is 79.9. The van der Waals surface area contributed by atoms with E-state index in [4.69, 9.17) is 4.74 Å². The SMILES string of the molecule is O=C(CCn1nnc2ccccc21)N/N=C\c1ccccc1OCc1cccc(Br)c1. The van der Waals surface area contributed by atoms with Crippen molar-refractivity contribution in [3.8, 4) is 5.75 Å². The number of fused-ring (bicyclic) bond motifs is 1. The van der Waals surface area contributed by atoms with Crippen LogP contribution in [0.2, 0.25) is 0 Å². The Morgan fingerprint density at radius 2 is 1.94 bits per heavy atom. The minimum atomic E-state index is -0.205. The average Bonchev–Trinajstić information content (AvgIpc) is 3.20. The van der Waals surface area contributed by atoms with Gasteiger partial charge in [-0.1, -0.05) is 57.5 Å². The van der Waals surface area contributed by atoms with Crippen LogP contribution in [-0.4, -0.2) is 27.1 Å². The fraction of sp³-hybridized carbons (Fsp3) is 0.130. The lowest BCUT2D eigenvalue weighted by Crippen LogP contribution is -2.19. The summed E-state index contributed by atoms with van der Waals surface area (Å²) in [7, 11) is 0. The Hall–Kier alpha value is -3.52. The predicted molar refractivity (Wildman–Crippen MR) is 123 cm³/mol. The van der Waals surface area contributed by atoms with E-state index in [1.807, 2.05) is 72.8 Å². The summed E-state index contributed by atoms with van der Waals surface area (Å²) in [5.74, 6) is 0.484. The van der Waals surface area contributed by atoms with E-state index in [9.17, 15) is 4.79 Å². The van der Waals surface area contributed by atoms with Gasteiger partial charge in [-0.2, -0.15) is 5.10 Å². The van der Waals surface area contributed by atoms with Crippen molar-refractivity contribution < 1.29 is 9.53 Å². The maximum Gasteiger partial charge on any atom is 0.241 e. The maximum atomic E-state index is 12.2. The van der Waals surface area contributed by atoms with Crippen LogP contribution in [0.1, 0.15) is 17.5 Å². The Morgan fingerprint density at radius 1 is 1.10 bits per heavy atom. The van der Waals surface area contributed by atoms with Gasteiger partial charge in [-0.3, -0.25) is 4.79 Å². The van der Waals surface area contributed by atoms with E-state index in [-0.39, 0.29) is 12.3 Å². The summed E-state index contributed by atoms with van der Waals surface area (Å²) in [5.41, 5.74) is 6.09. The molecule has 0 saturated carbocycles. The lowest BCUT2D eigenvalue weighted by atomic mass is 10.2. The third kappa shape index (κ3) is 5.55. The monoisotopic (exact) mass is 477 g/mol. The normalized spacial score (nSPS) is 11.1. The molecule has 0 spiro atoms. The third-order valence-electron chi connectivity index (χ3n) is 4.57. The quantitative estimate of drug-likeness (QED) is 0.302. The molecule has 1 heterocycles. The van der Waals surface area contributed by atoms with Gasteiger partial charge in [-0.15, -0.1) is 5.10 Å². The molecule has 1 amide bonds. The molecule has 0 bridgehead atoms. The number of para-hydroxylation sites is 2. The molecule has 0 saturated heterocycles. The number of benzene rings is 3. The largest absolute Gasteiger partial charge is 0.488 e. The highest BCUT2D eigenvalue weighted by Crippen LogP contribution is 2.19. The van der Waals surface area contributed by atoms with Crippen molar-refractivity contribution in [2.75, 3.05) is 0 Å². The first-order valence-corrected chi connectivity index (χ1v) is 10.5. The van der Waals surface area contributed by atoms with Crippen molar-refractivity contribution >= 4 is 39.1 Å². The summed E-state index contributed by atoms with van der Waals surface area (Å²) in [6.07, 6.45) is 1.82. The number of hydrogen-bond donors (Lipinski definition) is 1. The zero-order chi connectivity index (χ0) is 21.5. The van der Waals surface area contributed by atoms with Gasteiger partial charge in [0.15, 0.2) is 0 Å². The zero-order valence-electron chi connectivity index (χ0n) is 16.6. The highest BCUT2D eigenvalue weighted by Gasteiger charge is 2.06. The van der Waals surface area contributed by atoms with E-state index in [0.717, 1.165) is 26.6 Å². The van der Waals surface area contributed by atoms with Crippen molar-refractivity contribution in [1.29, 1.82) is 0 Å². The smallest absolute Gasteiger partial charge is 0.241 e. The van der Waals surface area contributed by atoms with Crippen molar-refractivity contribution in [3.63, 3.8) is 0 Å². The van der Waals surface area contributed by atoms with Crippen LogP contribution >= 0.6 is 15.9 Å². The van der Waals surface area contributed by atoms with E-state index in [1.165, 1.54) is 0 Å². The number of aryl methyl sites for hydroxylation is 1. The number of hydrazone groups is 1. The standard InChI is InChI=1S/C23H20BrN5O2/c24-19-8-5-6-17(14-19)16-31-22-11-4-1-7-18(22)15-25-27-23(30)12-13-29-21-10-3-2-9-20(21)26-28-29/h1-11,14-15H,12-13,16H2,(H,27,30)/b25-15-. The number of rotatable bonds is 8. The topological polar surface area (TPSA) is 81.4 Å². The molecular weight excluding hydrogens is 458 g/mol.